The number of nitrogens with one attached hydrogen (secondary N) is 1. The van der Waals surface area contributed by atoms with Gasteiger partial charge in [0.15, 0.2) is 0 Å². The molecule has 1 aromatic carbocycles. The summed E-state index contributed by atoms with van der Waals surface area (Å²) in [4.78, 5) is 12.6. The molecule has 4 fully saturated rings. The van der Waals surface area contributed by atoms with Crippen LogP contribution in [0.1, 0.15) is 50.0 Å². The molecule has 5 rings (SSSR count). The highest BCUT2D eigenvalue weighted by atomic mass is 19.1. The minimum atomic E-state index is -0.165. The molecule has 0 aromatic heterocycles. The molecule has 0 saturated heterocycles. The minimum Gasteiger partial charge on any atom is -0.353 e. The maximum absolute atomic E-state index is 13.9. The first-order valence-corrected chi connectivity index (χ1v) is 9.27. The standard InChI is InChI=1S/C20H24FNO/c21-18-7-2-1-4-14(18)15-10-17(15)20(23)22-19-9-11-8-16(19)13-6-3-5-12(11)13/h1-2,4,7,11-13,15-17,19H,3,5-6,8-10H2,(H,22,23). The molecule has 0 heterocycles. The molecule has 0 spiro atoms. The van der Waals surface area contributed by atoms with Gasteiger partial charge in [-0.1, -0.05) is 24.6 Å². The Bertz CT molecular complexity index is 644. The maximum atomic E-state index is 13.9. The molecule has 7 atom stereocenters. The molecule has 0 radical (unpaired) electrons. The van der Waals surface area contributed by atoms with Gasteiger partial charge in [-0.25, -0.2) is 4.39 Å². The van der Waals surface area contributed by atoms with Crippen LogP contribution in [0.4, 0.5) is 4.39 Å². The summed E-state index contributed by atoms with van der Waals surface area (Å²) in [5.74, 6) is 3.51. The quantitative estimate of drug-likeness (QED) is 0.902. The van der Waals surface area contributed by atoms with Gasteiger partial charge in [0.1, 0.15) is 5.82 Å². The van der Waals surface area contributed by atoms with E-state index >= 15 is 0 Å². The smallest absolute Gasteiger partial charge is 0.223 e. The first-order valence-electron chi connectivity index (χ1n) is 9.27. The van der Waals surface area contributed by atoms with Crippen LogP contribution >= 0.6 is 0 Å². The monoisotopic (exact) mass is 313 g/mol. The van der Waals surface area contributed by atoms with Gasteiger partial charge in [-0.3, -0.25) is 4.79 Å². The van der Waals surface area contributed by atoms with Gasteiger partial charge in [0.2, 0.25) is 5.91 Å². The van der Waals surface area contributed by atoms with Crippen molar-refractivity contribution in [3.8, 4) is 0 Å². The van der Waals surface area contributed by atoms with E-state index in [4.69, 9.17) is 0 Å². The van der Waals surface area contributed by atoms with Gasteiger partial charge in [0, 0.05) is 12.0 Å². The Kier molecular flexibility index (Phi) is 3.08. The van der Waals surface area contributed by atoms with Gasteiger partial charge in [0.05, 0.1) is 0 Å². The van der Waals surface area contributed by atoms with Crippen molar-refractivity contribution in [1.82, 2.24) is 5.32 Å². The number of carbonyl (C=O) groups is 1. The Balaban J connectivity index is 1.23. The predicted octanol–water partition coefficient (Wildman–Crippen LogP) is 3.87. The van der Waals surface area contributed by atoms with Crippen molar-refractivity contribution in [2.75, 3.05) is 0 Å². The zero-order valence-corrected chi connectivity index (χ0v) is 13.4. The van der Waals surface area contributed by atoms with Crippen molar-refractivity contribution in [2.45, 2.75) is 50.5 Å². The Labute approximate surface area is 136 Å². The van der Waals surface area contributed by atoms with Crippen LogP contribution < -0.4 is 5.32 Å². The summed E-state index contributed by atoms with van der Waals surface area (Å²) in [6, 6.07) is 7.30. The molecule has 4 saturated carbocycles. The summed E-state index contributed by atoms with van der Waals surface area (Å²) < 4.78 is 13.9. The summed E-state index contributed by atoms with van der Waals surface area (Å²) in [6.07, 6.45) is 7.51. The molecule has 2 bridgehead atoms. The second-order valence-electron chi connectivity index (χ2n) is 8.24. The zero-order chi connectivity index (χ0) is 15.6. The number of hydrogen-bond donors (Lipinski definition) is 1. The molecule has 23 heavy (non-hydrogen) atoms. The number of halogens is 1. The van der Waals surface area contributed by atoms with E-state index in [1.165, 1.54) is 38.2 Å². The van der Waals surface area contributed by atoms with Crippen molar-refractivity contribution in [1.29, 1.82) is 0 Å². The number of amides is 1. The van der Waals surface area contributed by atoms with Crippen molar-refractivity contribution in [3.63, 3.8) is 0 Å². The Hall–Kier alpha value is -1.38. The third kappa shape index (κ3) is 2.15. The van der Waals surface area contributed by atoms with Crippen LogP contribution in [0.3, 0.4) is 0 Å². The molecular formula is C20H24FNO. The second kappa shape index (κ2) is 5.06. The lowest BCUT2D eigenvalue weighted by Gasteiger charge is -2.32. The molecule has 1 N–H and O–H groups in total. The topological polar surface area (TPSA) is 29.1 Å². The predicted molar refractivity (Wildman–Crippen MR) is 86.2 cm³/mol. The highest BCUT2D eigenvalue weighted by Crippen LogP contribution is 2.59. The maximum Gasteiger partial charge on any atom is 0.223 e. The number of fused-ring (bicyclic) bond motifs is 5. The summed E-state index contributed by atoms with van der Waals surface area (Å²) in [5, 5.41) is 3.34. The van der Waals surface area contributed by atoms with Gasteiger partial charge in [0.25, 0.3) is 0 Å². The van der Waals surface area contributed by atoms with E-state index in [9.17, 15) is 9.18 Å². The zero-order valence-electron chi connectivity index (χ0n) is 13.4. The van der Waals surface area contributed by atoms with Crippen molar-refractivity contribution in [3.05, 3.63) is 35.6 Å². The summed E-state index contributed by atoms with van der Waals surface area (Å²) in [6.45, 7) is 0. The molecule has 122 valence electrons. The number of carbonyl (C=O) groups excluding carboxylic acids is 1. The fraction of sp³-hybridized carbons (Fsp3) is 0.650. The molecular weight excluding hydrogens is 289 g/mol. The molecule has 1 amide bonds. The van der Waals surface area contributed by atoms with E-state index in [-0.39, 0.29) is 23.6 Å². The molecule has 3 heteroatoms. The summed E-state index contributed by atoms with van der Waals surface area (Å²) in [5.41, 5.74) is 0.719. The lowest BCUT2D eigenvalue weighted by atomic mass is 9.79. The van der Waals surface area contributed by atoms with E-state index < -0.39 is 0 Å². The first kappa shape index (κ1) is 14.0. The normalized spacial score (nSPS) is 43.4. The van der Waals surface area contributed by atoms with Crippen molar-refractivity contribution in [2.24, 2.45) is 29.6 Å². The van der Waals surface area contributed by atoms with Crippen molar-refractivity contribution >= 4 is 5.91 Å². The molecule has 4 aliphatic carbocycles. The van der Waals surface area contributed by atoms with E-state index in [0.717, 1.165) is 35.7 Å². The lowest BCUT2D eigenvalue weighted by molar-refractivity contribution is -0.123. The highest BCUT2D eigenvalue weighted by Gasteiger charge is 2.55. The molecule has 7 unspecified atom stereocenters. The number of rotatable bonds is 3. The van der Waals surface area contributed by atoms with Crippen LogP contribution in [0.25, 0.3) is 0 Å². The van der Waals surface area contributed by atoms with Crippen LogP contribution in [-0.4, -0.2) is 11.9 Å². The van der Waals surface area contributed by atoms with E-state index in [1.54, 1.807) is 6.07 Å². The fourth-order valence-electron chi connectivity index (χ4n) is 6.13. The Morgan fingerprint density at radius 2 is 1.87 bits per heavy atom. The molecule has 2 nitrogen and oxygen atoms in total. The van der Waals surface area contributed by atoms with Gasteiger partial charge < -0.3 is 5.32 Å². The van der Waals surface area contributed by atoms with Crippen LogP contribution in [0.5, 0.6) is 0 Å². The van der Waals surface area contributed by atoms with Gasteiger partial charge in [-0.15, -0.1) is 0 Å². The van der Waals surface area contributed by atoms with E-state index in [1.807, 2.05) is 12.1 Å². The average molecular weight is 313 g/mol. The molecule has 0 aliphatic heterocycles. The van der Waals surface area contributed by atoms with Crippen LogP contribution in [0.2, 0.25) is 0 Å². The third-order valence-corrected chi connectivity index (χ3v) is 7.19. The number of hydrogen-bond acceptors (Lipinski definition) is 1. The number of benzene rings is 1. The van der Waals surface area contributed by atoms with Gasteiger partial charge in [-0.2, -0.15) is 0 Å². The highest BCUT2D eigenvalue weighted by molar-refractivity contribution is 5.83. The van der Waals surface area contributed by atoms with Crippen LogP contribution in [-0.2, 0) is 4.79 Å². The largest absolute Gasteiger partial charge is 0.353 e. The van der Waals surface area contributed by atoms with Gasteiger partial charge in [-0.05, 0) is 73.3 Å². The lowest BCUT2D eigenvalue weighted by Crippen LogP contribution is -2.43. The Morgan fingerprint density at radius 1 is 1.04 bits per heavy atom. The van der Waals surface area contributed by atoms with E-state index in [0.29, 0.717) is 6.04 Å². The van der Waals surface area contributed by atoms with E-state index in [2.05, 4.69) is 5.32 Å². The fourth-order valence-corrected chi connectivity index (χ4v) is 6.13. The SMILES string of the molecule is O=C(NC1CC2CC1C1CCCC21)C1CC1c1ccccc1F. The Morgan fingerprint density at radius 3 is 2.74 bits per heavy atom. The minimum absolute atomic E-state index is 0.00889. The third-order valence-electron chi connectivity index (χ3n) is 7.19. The van der Waals surface area contributed by atoms with Gasteiger partial charge >= 0.3 is 0 Å². The molecule has 1 aromatic rings. The van der Waals surface area contributed by atoms with Crippen LogP contribution in [0, 0.1) is 35.4 Å². The summed E-state index contributed by atoms with van der Waals surface area (Å²) in [7, 11) is 0. The summed E-state index contributed by atoms with van der Waals surface area (Å²) >= 11 is 0. The average Bonchev–Trinajstić information content (AvgIpc) is 2.89. The first-order chi connectivity index (χ1) is 11.2. The second-order valence-corrected chi connectivity index (χ2v) is 8.24. The van der Waals surface area contributed by atoms with Crippen LogP contribution in [0.15, 0.2) is 24.3 Å². The molecule has 4 aliphatic rings. The van der Waals surface area contributed by atoms with Crippen molar-refractivity contribution < 1.29 is 9.18 Å².